The Bertz CT molecular complexity index is 1050. The molecule has 6 heteroatoms. The van der Waals surface area contributed by atoms with Crippen molar-refractivity contribution in [3.8, 4) is 17.3 Å². The van der Waals surface area contributed by atoms with Crippen LogP contribution in [0, 0.1) is 17.1 Å². The van der Waals surface area contributed by atoms with Crippen molar-refractivity contribution in [1.82, 2.24) is 9.97 Å². The third-order valence-corrected chi connectivity index (χ3v) is 4.94. The SMILES string of the molecule is N#C[C@]1(N)CCN(c2ccc(-c3ccnc(C=Cc4ccc(F)cc4)c3)[nH]2)C1. The Morgan fingerprint density at radius 1 is 1.18 bits per heavy atom. The van der Waals surface area contributed by atoms with E-state index in [1.54, 1.807) is 18.3 Å². The molecule has 1 aromatic carbocycles. The molecular weight excluding hydrogens is 353 g/mol. The molecule has 1 fully saturated rings. The first-order chi connectivity index (χ1) is 13.5. The van der Waals surface area contributed by atoms with Gasteiger partial charge in [-0.2, -0.15) is 5.26 Å². The molecule has 0 unspecified atom stereocenters. The average Bonchev–Trinajstić information content (AvgIpc) is 3.35. The molecule has 28 heavy (non-hydrogen) atoms. The van der Waals surface area contributed by atoms with Gasteiger partial charge in [0.15, 0.2) is 0 Å². The van der Waals surface area contributed by atoms with Gasteiger partial charge in [0.2, 0.25) is 0 Å². The minimum Gasteiger partial charge on any atom is -0.355 e. The Morgan fingerprint density at radius 2 is 2.00 bits per heavy atom. The standard InChI is InChI=1S/C22H20FN5/c23-18-4-1-16(2-5-18)3-6-19-13-17(9-11-26-19)20-7-8-21(27-20)28-12-10-22(25,14-24)15-28/h1-9,11,13,27H,10,12,15,25H2/t22-/m1/s1. The van der Waals surface area contributed by atoms with Crippen LogP contribution in [-0.2, 0) is 0 Å². The molecule has 1 aliphatic heterocycles. The summed E-state index contributed by atoms with van der Waals surface area (Å²) in [5.41, 5.74) is 8.99. The zero-order chi connectivity index (χ0) is 19.6. The molecule has 0 aliphatic carbocycles. The third kappa shape index (κ3) is 3.80. The van der Waals surface area contributed by atoms with E-state index in [1.165, 1.54) is 12.1 Å². The van der Waals surface area contributed by atoms with E-state index in [2.05, 4.69) is 20.9 Å². The summed E-state index contributed by atoms with van der Waals surface area (Å²) in [5.74, 6) is 0.706. The molecule has 0 spiro atoms. The van der Waals surface area contributed by atoms with Crippen LogP contribution in [0.2, 0.25) is 0 Å². The maximum atomic E-state index is 13.0. The van der Waals surface area contributed by atoms with Crippen molar-refractivity contribution in [2.24, 2.45) is 5.73 Å². The smallest absolute Gasteiger partial charge is 0.123 e. The van der Waals surface area contributed by atoms with E-state index in [9.17, 15) is 9.65 Å². The fraction of sp³-hybridized carbons (Fsp3) is 0.182. The zero-order valence-corrected chi connectivity index (χ0v) is 15.3. The van der Waals surface area contributed by atoms with Crippen LogP contribution in [0.4, 0.5) is 10.2 Å². The van der Waals surface area contributed by atoms with E-state index < -0.39 is 5.54 Å². The molecule has 3 aromatic rings. The highest BCUT2D eigenvalue weighted by Gasteiger charge is 2.35. The van der Waals surface area contributed by atoms with Crippen molar-refractivity contribution >= 4 is 18.0 Å². The predicted octanol–water partition coefficient (Wildman–Crippen LogP) is 3.82. The Morgan fingerprint density at radius 3 is 2.75 bits per heavy atom. The van der Waals surface area contributed by atoms with E-state index in [0.717, 1.165) is 34.9 Å². The number of aromatic amines is 1. The number of nitrogens with two attached hydrogens (primary N) is 1. The largest absolute Gasteiger partial charge is 0.355 e. The molecule has 0 bridgehead atoms. The van der Waals surface area contributed by atoms with Crippen LogP contribution in [-0.4, -0.2) is 28.6 Å². The van der Waals surface area contributed by atoms with Crippen molar-refractivity contribution in [1.29, 1.82) is 5.26 Å². The predicted molar refractivity (Wildman–Crippen MR) is 109 cm³/mol. The number of nitriles is 1. The highest BCUT2D eigenvalue weighted by atomic mass is 19.1. The van der Waals surface area contributed by atoms with E-state index in [0.29, 0.717) is 13.0 Å². The summed E-state index contributed by atoms with van der Waals surface area (Å²) in [6, 6.07) is 16.5. The lowest BCUT2D eigenvalue weighted by molar-refractivity contribution is 0.605. The zero-order valence-electron chi connectivity index (χ0n) is 15.3. The molecule has 140 valence electrons. The minimum atomic E-state index is -0.778. The number of rotatable bonds is 4. The number of hydrogen-bond acceptors (Lipinski definition) is 4. The van der Waals surface area contributed by atoms with Gasteiger partial charge in [-0.05, 0) is 54.5 Å². The van der Waals surface area contributed by atoms with Crippen LogP contribution < -0.4 is 10.6 Å². The van der Waals surface area contributed by atoms with Crippen molar-refractivity contribution in [3.05, 3.63) is 71.8 Å². The second-order valence-corrected chi connectivity index (χ2v) is 7.05. The Hall–Kier alpha value is -3.43. The highest BCUT2D eigenvalue weighted by Crippen LogP contribution is 2.28. The molecule has 0 radical (unpaired) electrons. The van der Waals surface area contributed by atoms with Gasteiger partial charge in [0, 0.05) is 24.0 Å². The number of nitrogens with one attached hydrogen (secondary N) is 1. The topological polar surface area (TPSA) is 81.7 Å². The van der Waals surface area contributed by atoms with E-state index in [1.807, 2.05) is 36.4 Å². The maximum absolute atomic E-state index is 13.0. The maximum Gasteiger partial charge on any atom is 0.123 e. The van der Waals surface area contributed by atoms with Gasteiger partial charge in [-0.1, -0.05) is 18.2 Å². The fourth-order valence-corrected chi connectivity index (χ4v) is 3.33. The summed E-state index contributed by atoms with van der Waals surface area (Å²) < 4.78 is 13.0. The van der Waals surface area contributed by atoms with Crippen LogP contribution in [0.5, 0.6) is 0 Å². The van der Waals surface area contributed by atoms with Gasteiger partial charge in [-0.15, -0.1) is 0 Å². The lowest BCUT2D eigenvalue weighted by atomic mass is 10.0. The summed E-state index contributed by atoms with van der Waals surface area (Å²) in [4.78, 5) is 9.88. The monoisotopic (exact) mass is 373 g/mol. The van der Waals surface area contributed by atoms with E-state index >= 15 is 0 Å². The average molecular weight is 373 g/mol. The molecule has 2 aromatic heterocycles. The van der Waals surface area contributed by atoms with Crippen LogP contribution in [0.25, 0.3) is 23.4 Å². The second-order valence-electron chi connectivity index (χ2n) is 7.05. The lowest BCUT2D eigenvalue weighted by Gasteiger charge is -2.18. The summed E-state index contributed by atoms with van der Waals surface area (Å²) in [6.45, 7) is 1.28. The molecule has 1 saturated heterocycles. The third-order valence-electron chi connectivity index (χ3n) is 4.94. The van der Waals surface area contributed by atoms with Crippen LogP contribution >= 0.6 is 0 Å². The summed E-state index contributed by atoms with van der Waals surface area (Å²) >= 11 is 0. The van der Waals surface area contributed by atoms with Gasteiger partial charge < -0.3 is 15.6 Å². The molecule has 3 N–H and O–H groups in total. The molecular formula is C22H20FN5. The first kappa shape index (κ1) is 18.0. The molecule has 4 rings (SSSR count). The lowest BCUT2D eigenvalue weighted by Crippen LogP contribution is -2.41. The number of hydrogen-bond donors (Lipinski definition) is 2. The molecule has 0 amide bonds. The molecule has 0 saturated carbocycles. The summed E-state index contributed by atoms with van der Waals surface area (Å²) in [7, 11) is 0. The van der Waals surface area contributed by atoms with Gasteiger partial charge in [0.05, 0.1) is 18.3 Å². The fourth-order valence-electron chi connectivity index (χ4n) is 3.33. The number of pyridine rings is 1. The molecule has 3 heterocycles. The number of nitrogens with zero attached hydrogens (tertiary/aromatic N) is 3. The Labute approximate surface area is 162 Å². The minimum absolute atomic E-state index is 0.250. The number of anilines is 1. The quantitative estimate of drug-likeness (QED) is 0.728. The van der Waals surface area contributed by atoms with Crippen LogP contribution in [0.15, 0.2) is 54.7 Å². The van der Waals surface area contributed by atoms with Crippen LogP contribution in [0.3, 0.4) is 0 Å². The van der Waals surface area contributed by atoms with Crippen molar-refractivity contribution in [2.75, 3.05) is 18.0 Å². The normalized spacial score (nSPS) is 19.2. The highest BCUT2D eigenvalue weighted by molar-refractivity contribution is 5.71. The number of halogens is 1. The second kappa shape index (κ2) is 7.29. The van der Waals surface area contributed by atoms with Gasteiger partial charge in [-0.3, -0.25) is 4.98 Å². The van der Waals surface area contributed by atoms with Crippen molar-refractivity contribution < 1.29 is 4.39 Å². The van der Waals surface area contributed by atoms with E-state index in [-0.39, 0.29) is 5.82 Å². The molecule has 1 aliphatic rings. The van der Waals surface area contributed by atoms with Crippen molar-refractivity contribution in [2.45, 2.75) is 12.0 Å². The van der Waals surface area contributed by atoms with Crippen molar-refractivity contribution in [3.63, 3.8) is 0 Å². The van der Waals surface area contributed by atoms with Gasteiger partial charge in [-0.25, -0.2) is 4.39 Å². The van der Waals surface area contributed by atoms with Crippen LogP contribution in [0.1, 0.15) is 17.7 Å². The van der Waals surface area contributed by atoms with E-state index in [4.69, 9.17) is 5.73 Å². The summed E-state index contributed by atoms with van der Waals surface area (Å²) in [6.07, 6.45) is 6.22. The molecule has 1 atom stereocenters. The number of aromatic nitrogens is 2. The first-order valence-corrected chi connectivity index (χ1v) is 9.09. The molecule has 5 nitrogen and oxygen atoms in total. The van der Waals surface area contributed by atoms with Gasteiger partial charge in [0.25, 0.3) is 0 Å². The summed E-state index contributed by atoms with van der Waals surface area (Å²) in [5, 5.41) is 9.21. The number of H-pyrrole nitrogens is 1. The van der Waals surface area contributed by atoms with Gasteiger partial charge >= 0.3 is 0 Å². The number of benzene rings is 1. The first-order valence-electron chi connectivity index (χ1n) is 9.09. The Balaban J connectivity index is 1.51. The van der Waals surface area contributed by atoms with Gasteiger partial charge in [0.1, 0.15) is 17.2 Å². The Kier molecular flexibility index (Phi) is 4.68.